The third-order valence-electron chi connectivity index (χ3n) is 2.12. The number of halogens is 1. The molecular weight excluding hydrogens is 292 g/mol. The summed E-state index contributed by atoms with van der Waals surface area (Å²) >= 11 is 3.24. The Morgan fingerprint density at radius 1 is 1.38 bits per heavy atom. The molecule has 0 aliphatic rings. The van der Waals surface area contributed by atoms with Crippen LogP contribution in [0.5, 0.6) is 0 Å². The van der Waals surface area contributed by atoms with Crippen LogP contribution < -0.4 is 5.73 Å². The molecule has 90 valence electrons. The number of hydrogen-bond acceptors (Lipinski definition) is 4. The minimum absolute atomic E-state index is 0.0701. The lowest BCUT2D eigenvalue weighted by Crippen LogP contribution is -2.22. The van der Waals surface area contributed by atoms with Gasteiger partial charge in [0.2, 0.25) is 0 Å². The van der Waals surface area contributed by atoms with Crippen molar-refractivity contribution in [2.24, 2.45) is 0 Å². The molecule has 0 saturated carbocycles. The monoisotopic (exact) mass is 306 g/mol. The first-order valence-corrected chi connectivity index (χ1v) is 7.20. The summed E-state index contributed by atoms with van der Waals surface area (Å²) in [5.74, 6) is 0.0701. The summed E-state index contributed by atoms with van der Waals surface area (Å²) in [4.78, 5) is 2.02. The van der Waals surface area contributed by atoms with Gasteiger partial charge in [0.15, 0.2) is 9.84 Å². The summed E-state index contributed by atoms with van der Waals surface area (Å²) in [5, 5.41) is 0. The molecule has 0 spiro atoms. The first-order valence-electron chi connectivity index (χ1n) is 4.75. The maximum Gasteiger partial charge on any atom is 0.181 e. The Bertz CT molecular complexity index is 472. The minimum atomic E-state index is -3.31. The zero-order valence-electron chi connectivity index (χ0n) is 9.27. The second kappa shape index (κ2) is 5.16. The first-order chi connectivity index (χ1) is 7.33. The molecule has 16 heavy (non-hydrogen) atoms. The molecule has 0 atom stereocenters. The third-order valence-corrected chi connectivity index (χ3v) is 4.35. The van der Waals surface area contributed by atoms with Crippen molar-refractivity contribution in [3.63, 3.8) is 0 Å². The van der Waals surface area contributed by atoms with Crippen LogP contribution in [0.4, 0.5) is 5.69 Å². The lowest BCUT2D eigenvalue weighted by molar-refractivity contribution is 0.432. The normalized spacial score (nSPS) is 12.0. The molecule has 0 unspecified atom stereocenters. The molecule has 0 aromatic heterocycles. The Kier molecular flexibility index (Phi) is 4.35. The Morgan fingerprint density at radius 3 is 2.56 bits per heavy atom. The van der Waals surface area contributed by atoms with E-state index in [1.807, 2.05) is 19.0 Å². The Hall–Kier alpha value is -0.590. The molecule has 0 bridgehead atoms. The van der Waals surface area contributed by atoms with E-state index >= 15 is 0 Å². The number of nitrogens with two attached hydrogens (primary N) is 1. The van der Waals surface area contributed by atoms with Crippen LogP contribution >= 0.6 is 15.9 Å². The van der Waals surface area contributed by atoms with Gasteiger partial charge in [-0.3, -0.25) is 0 Å². The molecule has 0 aliphatic carbocycles. The fourth-order valence-electron chi connectivity index (χ4n) is 1.19. The van der Waals surface area contributed by atoms with E-state index in [0.717, 1.165) is 0 Å². The maximum atomic E-state index is 12.0. The van der Waals surface area contributed by atoms with Gasteiger partial charge in [-0.25, -0.2) is 8.42 Å². The molecule has 1 rings (SSSR count). The van der Waals surface area contributed by atoms with Crippen molar-refractivity contribution in [3.8, 4) is 0 Å². The van der Waals surface area contributed by atoms with Crippen molar-refractivity contribution >= 4 is 31.5 Å². The Labute approximate surface area is 104 Å². The van der Waals surface area contributed by atoms with Gasteiger partial charge in [0.1, 0.15) is 0 Å². The molecule has 0 fully saturated rings. The fourth-order valence-corrected chi connectivity index (χ4v) is 3.26. The maximum absolute atomic E-state index is 12.0. The van der Waals surface area contributed by atoms with Gasteiger partial charge < -0.3 is 10.6 Å². The number of nitrogen functional groups attached to an aromatic ring is 1. The predicted molar refractivity (Wildman–Crippen MR) is 69.2 cm³/mol. The zero-order valence-corrected chi connectivity index (χ0v) is 11.7. The van der Waals surface area contributed by atoms with E-state index in [-0.39, 0.29) is 10.6 Å². The van der Waals surface area contributed by atoms with Crippen molar-refractivity contribution < 1.29 is 8.42 Å². The van der Waals surface area contributed by atoms with E-state index in [1.165, 1.54) is 0 Å². The highest BCUT2D eigenvalue weighted by molar-refractivity contribution is 9.10. The highest BCUT2D eigenvalue weighted by Gasteiger charge is 2.17. The first kappa shape index (κ1) is 13.5. The van der Waals surface area contributed by atoms with Crippen LogP contribution in [-0.4, -0.2) is 39.7 Å². The molecule has 1 aromatic rings. The average Bonchev–Trinajstić information content (AvgIpc) is 2.19. The van der Waals surface area contributed by atoms with Crippen LogP contribution in [0.2, 0.25) is 0 Å². The lowest BCUT2D eigenvalue weighted by Gasteiger charge is -2.11. The van der Waals surface area contributed by atoms with E-state index in [4.69, 9.17) is 5.73 Å². The predicted octanol–water partition coefficient (Wildman–Crippen LogP) is 1.37. The summed E-state index contributed by atoms with van der Waals surface area (Å²) in [5.41, 5.74) is 5.96. The topological polar surface area (TPSA) is 63.4 Å². The molecule has 0 radical (unpaired) electrons. The number of sulfone groups is 1. The highest BCUT2D eigenvalue weighted by Crippen LogP contribution is 2.23. The summed E-state index contributed by atoms with van der Waals surface area (Å²) in [6.07, 6.45) is 0. The van der Waals surface area contributed by atoms with E-state index in [0.29, 0.717) is 16.7 Å². The molecule has 1 aromatic carbocycles. The van der Waals surface area contributed by atoms with Crippen LogP contribution in [0.1, 0.15) is 0 Å². The van der Waals surface area contributed by atoms with Crippen molar-refractivity contribution in [1.29, 1.82) is 0 Å². The van der Waals surface area contributed by atoms with Crippen molar-refractivity contribution in [2.75, 3.05) is 32.1 Å². The van der Waals surface area contributed by atoms with E-state index in [2.05, 4.69) is 15.9 Å². The lowest BCUT2D eigenvalue weighted by atomic mass is 10.3. The van der Waals surface area contributed by atoms with Crippen LogP contribution in [0, 0.1) is 0 Å². The second-order valence-corrected chi connectivity index (χ2v) is 6.80. The summed E-state index contributed by atoms with van der Waals surface area (Å²) < 4.78 is 24.7. The Morgan fingerprint density at radius 2 is 2.00 bits per heavy atom. The molecule has 4 nitrogen and oxygen atoms in total. The number of benzene rings is 1. The number of rotatable bonds is 4. The van der Waals surface area contributed by atoms with Crippen LogP contribution in [0.3, 0.4) is 0 Å². The van der Waals surface area contributed by atoms with Crippen LogP contribution in [0.15, 0.2) is 27.6 Å². The zero-order chi connectivity index (χ0) is 12.3. The van der Waals surface area contributed by atoms with Crippen LogP contribution in [-0.2, 0) is 9.84 Å². The molecular formula is C10H15BrN2O2S. The van der Waals surface area contributed by atoms with Gasteiger partial charge in [0.25, 0.3) is 0 Å². The van der Waals surface area contributed by atoms with Gasteiger partial charge in [-0.2, -0.15) is 0 Å². The molecule has 0 amide bonds. The van der Waals surface area contributed by atoms with Gasteiger partial charge >= 0.3 is 0 Å². The number of hydrogen-bond donors (Lipinski definition) is 1. The summed E-state index contributed by atoms with van der Waals surface area (Å²) in [6, 6.07) is 4.85. The highest BCUT2D eigenvalue weighted by atomic mass is 79.9. The number of anilines is 1. The van der Waals surface area contributed by atoms with Gasteiger partial charge in [-0.1, -0.05) is 15.9 Å². The van der Waals surface area contributed by atoms with Crippen LogP contribution in [0.25, 0.3) is 0 Å². The standard InChI is InChI=1S/C10H15BrN2O2S/c1-13(2)5-6-16(14,15)10-7-8(11)3-4-9(10)12/h3-4,7H,5-6,12H2,1-2H3. The SMILES string of the molecule is CN(C)CCS(=O)(=O)c1cc(Br)ccc1N. The molecule has 6 heteroatoms. The van der Waals surface area contributed by atoms with Crippen molar-refractivity contribution in [2.45, 2.75) is 4.90 Å². The fraction of sp³-hybridized carbons (Fsp3) is 0.400. The second-order valence-electron chi connectivity index (χ2n) is 3.80. The van der Waals surface area contributed by atoms with Gasteiger partial charge in [-0.15, -0.1) is 0 Å². The van der Waals surface area contributed by atoms with Gasteiger partial charge in [-0.05, 0) is 32.3 Å². The Balaban J connectivity index is 3.02. The van der Waals surface area contributed by atoms with Crippen molar-refractivity contribution in [3.05, 3.63) is 22.7 Å². The van der Waals surface area contributed by atoms with E-state index in [1.54, 1.807) is 18.2 Å². The van der Waals surface area contributed by atoms with E-state index in [9.17, 15) is 8.42 Å². The quantitative estimate of drug-likeness (QED) is 0.853. The summed E-state index contributed by atoms with van der Waals surface area (Å²) in [6.45, 7) is 0.480. The van der Waals surface area contributed by atoms with E-state index < -0.39 is 9.84 Å². The number of nitrogens with zero attached hydrogens (tertiary/aromatic N) is 1. The van der Waals surface area contributed by atoms with Gasteiger partial charge in [0, 0.05) is 11.0 Å². The minimum Gasteiger partial charge on any atom is -0.398 e. The molecule has 0 aliphatic heterocycles. The summed E-state index contributed by atoms with van der Waals surface area (Å²) in [7, 11) is 0.361. The molecule has 0 saturated heterocycles. The molecule has 2 N–H and O–H groups in total. The smallest absolute Gasteiger partial charge is 0.181 e. The average molecular weight is 307 g/mol. The van der Waals surface area contributed by atoms with Gasteiger partial charge in [0.05, 0.1) is 16.3 Å². The largest absolute Gasteiger partial charge is 0.398 e. The third kappa shape index (κ3) is 3.47. The van der Waals surface area contributed by atoms with Crippen molar-refractivity contribution in [1.82, 2.24) is 4.90 Å². The molecule has 0 heterocycles.